The average Bonchev–Trinajstić information content (AvgIpc) is 2.74. The fraction of sp³-hybridized carbons (Fsp3) is 0.357. The van der Waals surface area contributed by atoms with E-state index in [9.17, 15) is 0 Å². The highest BCUT2D eigenvalue weighted by Gasteiger charge is 2.18. The molecule has 1 N–H and O–H groups in total. The Kier molecular flexibility index (Phi) is 2.80. The van der Waals surface area contributed by atoms with E-state index in [4.69, 9.17) is 4.74 Å². The van der Waals surface area contributed by atoms with Crippen LogP contribution in [0.25, 0.3) is 5.69 Å². The summed E-state index contributed by atoms with van der Waals surface area (Å²) in [5.74, 6) is 1.92. The van der Waals surface area contributed by atoms with E-state index in [1.54, 1.807) is 7.11 Å². The maximum atomic E-state index is 5.29. The number of aromatic nitrogens is 2. The van der Waals surface area contributed by atoms with Crippen molar-refractivity contribution < 1.29 is 4.74 Å². The second kappa shape index (κ2) is 4.46. The smallest absolute Gasteiger partial charge is 0.120 e. The van der Waals surface area contributed by atoms with Gasteiger partial charge in [-0.3, -0.25) is 0 Å². The van der Waals surface area contributed by atoms with Gasteiger partial charge in [-0.15, -0.1) is 0 Å². The predicted octanol–water partition coefficient (Wildman–Crippen LogP) is 1.84. The third-order valence-electron chi connectivity index (χ3n) is 3.37. The summed E-state index contributed by atoms with van der Waals surface area (Å²) in [6, 6.07) is 8.13. The number of imidazole rings is 1. The molecule has 0 atom stereocenters. The van der Waals surface area contributed by atoms with Crippen molar-refractivity contribution in [3.05, 3.63) is 41.5 Å². The first-order valence-electron chi connectivity index (χ1n) is 6.22. The molecule has 94 valence electrons. The van der Waals surface area contributed by atoms with Crippen molar-refractivity contribution in [3.63, 3.8) is 0 Å². The number of hydrogen-bond acceptors (Lipinski definition) is 3. The Morgan fingerprint density at radius 2 is 2.28 bits per heavy atom. The second-order valence-corrected chi connectivity index (χ2v) is 4.52. The number of nitrogens with one attached hydrogen (secondary N) is 1. The molecule has 3 rings (SSSR count). The van der Waals surface area contributed by atoms with Crippen LogP contribution in [0.5, 0.6) is 5.75 Å². The van der Waals surface area contributed by atoms with Crippen molar-refractivity contribution in [2.24, 2.45) is 0 Å². The van der Waals surface area contributed by atoms with Gasteiger partial charge in [-0.05, 0) is 19.1 Å². The first-order valence-corrected chi connectivity index (χ1v) is 6.22. The molecule has 0 saturated heterocycles. The Morgan fingerprint density at radius 3 is 3.11 bits per heavy atom. The van der Waals surface area contributed by atoms with Gasteiger partial charge in [0.05, 0.1) is 18.5 Å². The van der Waals surface area contributed by atoms with Crippen molar-refractivity contribution >= 4 is 0 Å². The number of aryl methyl sites for hydroxylation is 1. The molecule has 0 amide bonds. The number of hydrogen-bond donors (Lipinski definition) is 1. The third-order valence-corrected chi connectivity index (χ3v) is 3.37. The molecule has 0 aliphatic carbocycles. The molecular formula is C14H17N3O. The van der Waals surface area contributed by atoms with Crippen LogP contribution in [0.4, 0.5) is 0 Å². The molecule has 4 heteroatoms. The van der Waals surface area contributed by atoms with E-state index in [0.29, 0.717) is 0 Å². The summed E-state index contributed by atoms with van der Waals surface area (Å²) in [5, 5.41) is 3.35. The highest BCUT2D eigenvalue weighted by Crippen LogP contribution is 2.23. The van der Waals surface area contributed by atoms with Gasteiger partial charge in [0, 0.05) is 31.3 Å². The molecule has 1 aromatic heterocycles. The van der Waals surface area contributed by atoms with Crippen LogP contribution in [0.15, 0.2) is 24.3 Å². The quantitative estimate of drug-likeness (QED) is 0.874. The maximum absolute atomic E-state index is 5.29. The van der Waals surface area contributed by atoms with Crippen molar-refractivity contribution in [2.75, 3.05) is 13.7 Å². The zero-order chi connectivity index (χ0) is 12.5. The molecule has 1 aliphatic heterocycles. The lowest BCUT2D eigenvalue weighted by Gasteiger charge is -2.16. The first kappa shape index (κ1) is 11.3. The maximum Gasteiger partial charge on any atom is 0.120 e. The second-order valence-electron chi connectivity index (χ2n) is 4.52. The molecule has 0 spiro atoms. The standard InChI is InChI=1S/C14H17N3O/c1-10-16-13-9-15-7-6-14(13)17(10)11-4-3-5-12(8-11)18-2/h3-5,8,15H,6-7,9H2,1-2H3. The Morgan fingerprint density at radius 1 is 1.39 bits per heavy atom. The van der Waals surface area contributed by atoms with Gasteiger partial charge in [-0.1, -0.05) is 6.07 Å². The van der Waals surface area contributed by atoms with Crippen LogP contribution in [0.3, 0.4) is 0 Å². The number of benzene rings is 1. The van der Waals surface area contributed by atoms with Crippen LogP contribution < -0.4 is 10.1 Å². The topological polar surface area (TPSA) is 39.1 Å². The average molecular weight is 243 g/mol. The van der Waals surface area contributed by atoms with Gasteiger partial charge in [-0.2, -0.15) is 0 Å². The minimum absolute atomic E-state index is 0.868. The molecule has 2 aromatic rings. The van der Waals surface area contributed by atoms with E-state index in [1.165, 1.54) is 11.4 Å². The van der Waals surface area contributed by atoms with Crippen LogP contribution in [0.1, 0.15) is 17.2 Å². The fourth-order valence-electron chi connectivity index (χ4n) is 2.54. The molecule has 1 aliphatic rings. The summed E-state index contributed by atoms with van der Waals surface area (Å²) in [5.41, 5.74) is 3.61. The van der Waals surface area contributed by atoms with Crippen molar-refractivity contribution in [3.8, 4) is 11.4 Å². The Labute approximate surface area is 107 Å². The molecule has 1 aromatic carbocycles. The lowest BCUT2D eigenvalue weighted by atomic mass is 10.1. The SMILES string of the molecule is COc1cccc(-n2c(C)nc3c2CCNC3)c1. The lowest BCUT2D eigenvalue weighted by molar-refractivity contribution is 0.414. The van der Waals surface area contributed by atoms with E-state index < -0.39 is 0 Å². The van der Waals surface area contributed by atoms with Crippen LogP contribution >= 0.6 is 0 Å². The third kappa shape index (κ3) is 1.78. The van der Waals surface area contributed by atoms with E-state index in [0.717, 1.165) is 36.8 Å². The Hall–Kier alpha value is -1.81. The Bertz CT molecular complexity index is 574. The van der Waals surface area contributed by atoms with Crippen molar-refractivity contribution in [1.82, 2.24) is 14.9 Å². The summed E-state index contributed by atoms with van der Waals surface area (Å²) in [7, 11) is 1.69. The minimum Gasteiger partial charge on any atom is -0.497 e. The highest BCUT2D eigenvalue weighted by molar-refractivity contribution is 5.43. The van der Waals surface area contributed by atoms with Gasteiger partial charge in [0.15, 0.2) is 0 Å². The highest BCUT2D eigenvalue weighted by atomic mass is 16.5. The van der Waals surface area contributed by atoms with Gasteiger partial charge >= 0.3 is 0 Å². The molecule has 0 fully saturated rings. The monoisotopic (exact) mass is 243 g/mol. The largest absolute Gasteiger partial charge is 0.497 e. The zero-order valence-corrected chi connectivity index (χ0v) is 10.7. The summed E-state index contributed by atoms with van der Waals surface area (Å²) in [6.07, 6.45) is 1.02. The molecule has 2 heterocycles. The van der Waals surface area contributed by atoms with Crippen LogP contribution in [0.2, 0.25) is 0 Å². The van der Waals surface area contributed by atoms with Gasteiger partial charge in [0.2, 0.25) is 0 Å². The van der Waals surface area contributed by atoms with Gasteiger partial charge < -0.3 is 14.6 Å². The number of methoxy groups -OCH3 is 1. The molecule has 4 nitrogen and oxygen atoms in total. The molecule has 0 bridgehead atoms. The van der Waals surface area contributed by atoms with E-state index in [1.807, 2.05) is 12.1 Å². The van der Waals surface area contributed by atoms with E-state index >= 15 is 0 Å². The van der Waals surface area contributed by atoms with Crippen LogP contribution in [-0.4, -0.2) is 23.2 Å². The lowest BCUT2D eigenvalue weighted by Crippen LogP contribution is -2.24. The molecule has 0 unspecified atom stereocenters. The first-order chi connectivity index (χ1) is 8.79. The van der Waals surface area contributed by atoms with E-state index in [2.05, 4.69) is 33.9 Å². The Balaban J connectivity index is 2.13. The summed E-state index contributed by atoms with van der Waals surface area (Å²) >= 11 is 0. The fourth-order valence-corrected chi connectivity index (χ4v) is 2.54. The summed E-state index contributed by atoms with van der Waals surface area (Å²) < 4.78 is 7.53. The number of fused-ring (bicyclic) bond motifs is 1. The van der Waals surface area contributed by atoms with Crippen LogP contribution in [0, 0.1) is 6.92 Å². The number of ether oxygens (including phenoxy) is 1. The molecule has 0 radical (unpaired) electrons. The van der Waals surface area contributed by atoms with E-state index in [-0.39, 0.29) is 0 Å². The minimum atomic E-state index is 0.868. The van der Waals surface area contributed by atoms with Gasteiger partial charge in [0.25, 0.3) is 0 Å². The van der Waals surface area contributed by atoms with Gasteiger partial charge in [0.1, 0.15) is 11.6 Å². The van der Waals surface area contributed by atoms with Crippen LogP contribution in [-0.2, 0) is 13.0 Å². The number of nitrogens with zero attached hydrogens (tertiary/aromatic N) is 2. The van der Waals surface area contributed by atoms with Crippen molar-refractivity contribution in [1.29, 1.82) is 0 Å². The summed E-state index contributed by atoms with van der Waals surface area (Å²) in [6.45, 7) is 3.94. The van der Waals surface area contributed by atoms with Crippen molar-refractivity contribution in [2.45, 2.75) is 19.9 Å². The predicted molar refractivity (Wildman–Crippen MR) is 70.3 cm³/mol. The molecular weight excluding hydrogens is 226 g/mol. The summed E-state index contributed by atoms with van der Waals surface area (Å²) in [4.78, 5) is 4.64. The van der Waals surface area contributed by atoms with Gasteiger partial charge in [-0.25, -0.2) is 4.98 Å². The molecule has 0 saturated carbocycles. The normalized spacial score (nSPS) is 14.3. The molecule has 18 heavy (non-hydrogen) atoms. The zero-order valence-electron chi connectivity index (χ0n) is 10.7. The number of rotatable bonds is 2.